The quantitative estimate of drug-likeness (QED) is 0.213. The second-order valence-corrected chi connectivity index (χ2v) is 10.3. The lowest BCUT2D eigenvalue weighted by Crippen LogP contribution is -2.31. The minimum absolute atomic E-state index is 0.280. The van der Waals surface area contributed by atoms with Gasteiger partial charge in [-0.15, -0.1) is 0 Å². The zero-order valence-corrected chi connectivity index (χ0v) is 21.6. The number of rotatable bonds is 3. The molecule has 1 aliphatic rings. The number of benzene rings is 3. The van der Waals surface area contributed by atoms with Crippen LogP contribution in [0, 0.1) is 0 Å². The number of ether oxygens (including phenoxy) is 1. The van der Waals surface area contributed by atoms with Crippen LogP contribution >= 0.6 is 39.1 Å². The number of fused-ring (bicyclic) bond motifs is 4. The summed E-state index contributed by atoms with van der Waals surface area (Å²) in [5, 5.41) is 2.32. The van der Waals surface area contributed by atoms with Crippen molar-refractivity contribution >= 4 is 61.1 Å². The summed E-state index contributed by atoms with van der Waals surface area (Å²) < 4.78 is 18.0. The van der Waals surface area contributed by atoms with Crippen molar-refractivity contribution in [2.75, 3.05) is 6.73 Å². The minimum atomic E-state index is -0.568. The van der Waals surface area contributed by atoms with E-state index < -0.39 is 11.3 Å². The Morgan fingerprint density at radius 3 is 2.58 bits per heavy atom. The molecule has 1 aliphatic heterocycles. The molecule has 0 fully saturated rings. The van der Waals surface area contributed by atoms with Crippen LogP contribution < -0.4 is 16.0 Å². The topological polar surface area (TPSA) is 72.9 Å². The van der Waals surface area contributed by atoms with E-state index in [-0.39, 0.29) is 5.56 Å². The highest BCUT2D eigenvalue weighted by atomic mass is 79.9. The summed E-state index contributed by atoms with van der Waals surface area (Å²) >= 11 is 15.7. The van der Waals surface area contributed by atoms with Gasteiger partial charge in [-0.25, -0.2) is 9.59 Å². The maximum Gasteiger partial charge on any atom is 0.344 e. The van der Waals surface area contributed by atoms with Crippen molar-refractivity contribution in [3.8, 4) is 16.9 Å². The first-order chi connectivity index (χ1) is 17.4. The molecule has 0 atom stereocenters. The fourth-order valence-corrected chi connectivity index (χ4v) is 5.18. The Hall–Kier alpha value is -3.10. The molecule has 5 aromatic rings. The highest BCUT2D eigenvalue weighted by molar-refractivity contribution is 9.10. The van der Waals surface area contributed by atoms with Gasteiger partial charge in [-0.2, -0.15) is 0 Å². The maximum atomic E-state index is 12.9. The molecule has 0 aliphatic carbocycles. The van der Waals surface area contributed by atoms with E-state index in [1.54, 1.807) is 30.3 Å². The smallest absolute Gasteiger partial charge is 0.344 e. The Labute approximate surface area is 222 Å². The summed E-state index contributed by atoms with van der Waals surface area (Å²) in [7, 11) is 0. The lowest BCUT2D eigenvalue weighted by Gasteiger charge is -2.29. The van der Waals surface area contributed by atoms with Gasteiger partial charge in [0.15, 0.2) is 0 Å². The third-order valence-electron chi connectivity index (χ3n) is 6.13. The average Bonchev–Trinajstić information content (AvgIpc) is 2.85. The van der Waals surface area contributed by atoms with Crippen molar-refractivity contribution in [2.45, 2.75) is 13.1 Å². The predicted octanol–water partition coefficient (Wildman–Crippen LogP) is 6.99. The van der Waals surface area contributed by atoms with Gasteiger partial charge in [0, 0.05) is 40.0 Å². The Balaban J connectivity index is 1.45. The molecule has 6 nitrogen and oxygen atoms in total. The maximum absolute atomic E-state index is 12.9. The molecule has 0 saturated heterocycles. The zero-order chi connectivity index (χ0) is 25.0. The molecule has 0 bridgehead atoms. The summed E-state index contributed by atoms with van der Waals surface area (Å²) in [6.45, 7) is 1.38. The van der Waals surface area contributed by atoms with Crippen LogP contribution in [0.5, 0.6) is 5.75 Å². The number of hydrogen-bond acceptors (Lipinski definition) is 6. The molecule has 36 heavy (non-hydrogen) atoms. The monoisotopic (exact) mass is 583 g/mol. The molecule has 6 rings (SSSR count). The van der Waals surface area contributed by atoms with Crippen LogP contribution in [0.1, 0.15) is 11.1 Å². The highest BCUT2D eigenvalue weighted by Gasteiger charge is 2.24. The second-order valence-electron chi connectivity index (χ2n) is 8.54. The first-order valence-electron chi connectivity index (χ1n) is 11.0. The Morgan fingerprint density at radius 1 is 0.889 bits per heavy atom. The van der Waals surface area contributed by atoms with E-state index >= 15 is 0 Å². The summed E-state index contributed by atoms with van der Waals surface area (Å²) in [6.07, 6.45) is 0. The van der Waals surface area contributed by atoms with Crippen molar-refractivity contribution in [1.29, 1.82) is 0 Å². The highest BCUT2D eigenvalue weighted by Crippen LogP contribution is 2.36. The Kier molecular flexibility index (Phi) is 5.88. The number of nitrogens with zero attached hydrogens (tertiary/aromatic N) is 1. The number of halogens is 3. The van der Waals surface area contributed by atoms with E-state index in [0.717, 1.165) is 21.0 Å². The van der Waals surface area contributed by atoms with E-state index in [2.05, 4.69) is 20.8 Å². The molecule has 0 N–H and O–H groups in total. The predicted molar refractivity (Wildman–Crippen MR) is 143 cm³/mol. The van der Waals surface area contributed by atoms with E-state index in [0.29, 0.717) is 57.7 Å². The van der Waals surface area contributed by atoms with Gasteiger partial charge in [0.2, 0.25) is 0 Å². The van der Waals surface area contributed by atoms with Crippen LogP contribution in [-0.4, -0.2) is 11.6 Å². The van der Waals surface area contributed by atoms with Gasteiger partial charge in [0.25, 0.3) is 0 Å². The second kappa shape index (κ2) is 9.09. The minimum Gasteiger partial charge on any atom is -0.478 e. The van der Waals surface area contributed by atoms with Crippen LogP contribution in [0.25, 0.3) is 33.1 Å². The van der Waals surface area contributed by atoms with Gasteiger partial charge in [-0.1, -0.05) is 45.2 Å². The van der Waals surface area contributed by atoms with Gasteiger partial charge in [-0.05, 0) is 54.1 Å². The average molecular weight is 585 g/mol. The van der Waals surface area contributed by atoms with E-state index in [4.69, 9.17) is 36.8 Å². The first kappa shape index (κ1) is 23.3. The zero-order valence-electron chi connectivity index (χ0n) is 18.5. The van der Waals surface area contributed by atoms with Crippen molar-refractivity contribution in [2.24, 2.45) is 0 Å². The SMILES string of the molecule is O=c1cc(-c2cc3cc(Br)ccc3oc2=O)c2ccc3c(c2o1)CN(Cc1ccc(Cl)c(Cl)c1)CO3. The Bertz CT molecular complexity index is 1800. The van der Waals surface area contributed by atoms with E-state index in [1.165, 1.54) is 6.07 Å². The molecule has 0 saturated carbocycles. The third-order valence-corrected chi connectivity index (χ3v) is 7.36. The van der Waals surface area contributed by atoms with Crippen molar-refractivity contribution in [3.63, 3.8) is 0 Å². The number of hydrogen-bond donors (Lipinski definition) is 0. The standard InChI is InChI=1S/C27H16BrCl2NO5/c28-16-2-5-23-15(8-16)9-19(27(33)35-23)18-10-25(32)36-26-17(18)3-6-24-20(26)12-31(13-34-24)11-14-1-4-21(29)22(30)7-14/h1-10H,11-13H2. The lowest BCUT2D eigenvalue weighted by molar-refractivity contribution is 0.0890. The molecule has 0 radical (unpaired) electrons. The van der Waals surface area contributed by atoms with Gasteiger partial charge in [0.05, 0.1) is 21.2 Å². The van der Waals surface area contributed by atoms with Crippen molar-refractivity contribution in [1.82, 2.24) is 4.90 Å². The van der Waals surface area contributed by atoms with Crippen LogP contribution in [0.3, 0.4) is 0 Å². The molecule has 3 aromatic carbocycles. The molecule has 9 heteroatoms. The molecule has 0 amide bonds. The Morgan fingerprint density at radius 2 is 1.75 bits per heavy atom. The fourth-order valence-electron chi connectivity index (χ4n) is 4.48. The summed E-state index contributed by atoms with van der Waals surface area (Å²) in [4.78, 5) is 27.6. The van der Waals surface area contributed by atoms with Crippen LogP contribution in [-0.2, 0) is 13.1 Å². The largest absolute Gasteiger partial charge is 0.478 e. The molecule has 3 heterocycles. The summed E-state index contributed by atoms with van der Waals surface area (Å²) in [6, 6.07) is 17.5. The van der Waals surface area contributed by atoms with Gasteiger partial charge < -0.3 is 13.6 Å². The first-order valence-corrected chi connectivity index (χ1v) is 12.5. The molecule has 2 aromatic heterocycles. The molecule has 0 unspecified atom stereocenters. The molecule has 0 spiro atoms. The normalized spacial score (nSPS) is 13.6. The van der Waals surface area contributed by atoms with Gasteiger partial charge >= 0.3 is 11.3 Å². The van der Waals surface area contributed by atoms with E-state index in [9.17, 15) is 9.59 Å². The molecular formula is C27H16BrCl2NO5. The van der Waals surface area contributed by atoms with Crippen LogP contribution in [0.4, 0.5) is 0 Å². The van der Waals surface area contributed by atoms with Gasteiger partial charge in [-0.3, -0.25) is 4.90 Å². The third kappa shape index (κ3) is 4.22. The summed E-state index contributed by atoms with van der Waals surface area (Å²) in [5.74, 6) is 0.627. The lowest BCUT2D eigenvalue weighted by atomic mass is 9.99. The van der Waals surface area contributed by atoms with Crippen molar-refractivity contribution in [3.05, 3.63) is 107 Å². The van der Waals surface area contributed by atoms with Crippen LogP contribution in [0.15, 0.2) is 83.6 Å². The van der Waals surface area contributed by atoms with E-state index in [1.807, 2.05) is 24.3 Å². The van der Waals surface area contributed by atoms with Crippen LogP contribution in [0.2, 0.25) is 10.0 Å². The van der Waals surface area contributed by atoms with Crippen molar-refractivity contribution < 1.29 is 13.6 Å². The molecule has 180 valence electrons. The molecular weight excluding hydrogens is 569 g/mol. The fraction of sp³-hybridized carbons (Fsp3) is 0.111. The van der Waals surface area contributed by atoms with Gasteiger partial charge in [0.1, 0.15) is 23.6 Å². The summed E-state index contributed by atoms with van der Waals surface area (Å²) in [5.41, 5.74) is 2.16.